The van der Waals surface area contributed by atoms with Gasteiger partial charge in [-0.25, -0.2) is 0 Å². The van der Waals surface area contributed by atoms with Crippen molar-refractivity contribution in [3.05, 3.63) is 34.3 Å². The lowest BCUT2D eigenvalue weighted by molar-refractivity contribution is -0.152. The smallest absolute Gasteiger partial charge is 0.308 e. The molecular weight excluding hydrogens is 322 g/mol. The molecule has 1 aromatic carbocycles. The summed E-state index contributed by atoms with van der Waals surface area (Å²) in [5, 5.41) is 9.50. The fourth-order valence-electron chi connectivity index (χ4n) is 3.04. The van der Waals surface area contributed by atoms with Gasteiger partial charge in [-0.2, -0.15) is 0 Å². The highest BCUT2D eigenvalue weighted by atomic mass is 79.9. The number of carbonyl (C=O) groups is 2. The van der Waals surface area contributed by atoms with E-state index in [0.29, 0.717) is 12.8 Å². The molecular formula is C15H16BrNO3. The minimum Gasteiger partial charge on any atom is -0.481 e. The van der Waals surface area contributed by atoms with Crippen LogP contribution in [0.15, 0.2) is 28.7 Å². The van der Waals surface area contributed by atoms with Crippen molar-refractivity contribution >= 4 is 27.8 Å². The third kappa shape index (κ3) is 2.46. The molecule has 1 aliphatic heterocycles. The van der Waals surface area contributed by atoms with E-state index in [2.05, 4.69) is 15.9 Å². The first-order valence-corrected chi connectivity index (χ1v) is 7.66. The van der Waals surface area contributed by atoms with Crippen molar-refractivity contribution in [3.63, 3.8) is 0 Å². The summed E-state index contributed by atoms with van der Waals surface area (Å²) in [5.41, 5.74) is 0.909. The first kappa shape index (κ1) is 13.6. The number of rotatable bonds is 3. The first-order valence-electron chi connectivity index (χ1n) is 6.87. The van der Waals surface area contributed by atoms with Crippen LogP contribution in [-0.2, 0) is 9.59 Å². The Morgan fingerprint density at radius 1 is 1.30 bits per heavy atom. The average molecular weight is 338 g/mol. The Morgan fingerprint density at radius 2 is 2.05 bits per heavy atom. The Hall–Kier alpha value is -1.36. The van der Waals surface area contributed by atoms with Gasteiger partial charge in [0.15, 0.2) is 0 Å². The maximum atomic E-state index is 12.2. The number of amides is 1. The van der Waals surface area contributed by atoms with Gasteiger partial charge in [0.1, 0.15) is 0 Å². The number of nitrogens with zero attached hydrogens (tertiary/aromatic N) is 1. The number of aliphatic carboxylic acids is 1. The van der Waals surface area contributed by atoms with E-state index in [1.807, 2.05) is 29.2 Å². The summed E-state index contributed by atoms with van der Waals surface area (Å²) >= 11 is 3.42. The van der Waals surface area contributed by atoms with Crippen LogP contribution in [0.4, 0.5) is 0 Å². The third-order valence-corrected chi connectivity index (χ3v) is 4.58. The van der Waals surface area contributed by atoms with Crippen LogP contribution in [0.1, 0.15) is 37.3 Å². The number of benzene rings is 1. The number of carboxylic acids is 1. The molecule has 0 radical (unpaired) electrons. The maximum Gasteiger partial charge on any atom is 0.308 e. The third-order valence-electron chi connectivity index (χ3n) is 4.09. The molecule has 1 aromatic rings. The molecule has 3 rings (SSSR count). The number of halogens is 1. The Kier molecular flexibility index (Phi) is 3.54. The number of carboxylic acid groups (broad SMARTS) is 1. The van der Waals surface area contributed by atoms with Crippen LogP contribution in [0.3, 0.4) is 0 Å². The summed E-state index contributed by atoms with van der Waals surface area (Å²) in [7, 11) is 0. The molecule has 2 atom stereocenters. The lowest BCUT2D eigenvalue weighted by atomic mass is 9.84. The van der Waals surface area contributed by atoms with E-state index in [1.54, 1.807) is 0 Å². The Bertz CT molecular complexity index is 556. The van der Waals surface area contributed by atoms with Gasteiger partial charge in [-0.05, 0) is 37.0 Å². The van der Waals surface area contributed by atoms with Crippen molar-refractivity contribution < 1.29 is 14.7 Å². The quantitative estimate of drug-likeness (QED) is 0.922. The number of hydrogen-bond acceptors (Lipinski definition) is 2. The van der Waals surface area contributed by atoms with E-state index in [0.717, 1.165) is 22.9 Å². The predicted octanol–water partition coefficient (Wildman–Crippen LogP) is 2.98. The molecule has 1 saturated carbocycles. The number of hydrogen-bond donors (Lipinski definition) is 1. The summed E-state index contributed by atoms with van der Waals surface area (Å²) in [4.78, 5) is 25.6. The van der Waals surface area contributed by atoms with Crippen molar-refractivity contribution in [1.29, 1.82) is 0 Å². The zero-order valence-corrected chi connectivity index (χ0v) is 12.5. The van der Waals surface area contributed by atoms with Crippen molar-refractivity contribution in [1.82, 2.24) is 4.90 Å². The maximum absolute atomic E-state index is 12.2. The zero-order valence-electron chi connectivity index (χ0n) is 11.0. The summed E-state index contributed by atoms with van der Waals surface area (Å²) in [6.45, 7) is 0. The summed E-state index contributed by atoms with van der Waals surface area (Å²) in [5.74, 6) is -1.23. The van der Waals surface area contributed by atoms with Gasteiger partial charge in [0.25, 0.3) is 0 Å². The molecule has 106 valence electrons. The second-order valence-electron chi connectivity index (χ2n) is 5.52. The molecule has 2 aliphatic rings. The van der Waals surface area contributed by atoms with Gasteiger partial charge in [-0.1, -0.05) is 28.1 Å². The molecule has 5 heteroatoms. The fraction of sp³-hybridized carbons (Fsp3) is 0.467. The monoisotopic (exact) mass is 337 g/mol. The SMILES string of the molecule is O=C(O)C1CCC(=O)N(C2CC2)C1c1cccc(Br)c1. The van der Waals surface area contributed by atoms with E-state index in [9.17, 15) is 14.7 Å². The molecule has 1 saturated heterocycles. The molecule has 1 N–H and O–H groups in total. The second kappa shape index (κ2) is 5.20. The zero-order chi connectivity index (χ0) is 14.3. The highest BCUT2D eigenvalue weighted by molar-refractivity contribution is 9.10. The molecule has 1 amide bonds. The van der Waals surface area contributed by atoms with Crippen molar-refractivity contribution in [2.75, 3.05) is 0 Å². The lowest BCUT2D eigenvalue weighted by Gasteiger charge is -2.40. The standard InChI is InChI=1S/C15H16BrNO3/c16-10-3-1-2-9(8-10)14-12(15(19)20)6-7-13(18)17(14)11-4-5-11/h1-3,8,11-12,14H,4-7H2,(H,19,20). The molecule has 1 aliphatic carbocycles. The fourth-order valence-corrected chi connectivity index (χ4v) is 3.46. The average Bonchev–Trinajstić information content (AvgIpc) is 3.22. The molecule has 4 nitrogen and oxygen atoms in total. The van der Waals surface area contributed by atoms with Crippen LogP contribution in [0.2, 0.25) is 0 Å². The van der Waals surface area contributed by atoms with Crippen LogP contribution in [-0.4, -0.2) is 27.9 Å². The van der Waals surface area contributed by atoms with Crippen LogP contribution in [0, 0.1) is 5.92 Å². The lowest BCUT2D eigenvalue weighted by Crippen LogP contribution is -2.46. The van der Waals surface area contributed by atoms with Crippen LogP contribution < -0.4 is 0 Å². The predicted molar refractivity (Wildman–Crippen MR) is 77.1 cm³/mol. The molecule has 2 unspecified atom stereocenters. The topological polar surface area (TPSA) is 57.6 Å². The van der Waals surface area contributed by atoms with Gasteiger partial charge in [0, 0.05) is 16.9 Å². The summed E-state index contributed by atoms with van der Waals surface area (Å²) in [6, 6.07) is 7.54. The van der Waals surface area contributed by atoms with Gasteiger partial charge < -0.3 is 10.0 Å². The molecule has 0 aromatic heterocycles. The van der Waals surface area contributed by atoms with E-state index >= 15 is 0 Å². The van der Waals surface area contributed by atoms with Crippen molar-refractivity contribution in [3.8, 4) is 0 Å². The van der Waals surface area contributed by atoms with Gasteiger partial charge in [-0.15, -0.1) is 0 Å². The highest BCUT2D eigenvalue weighted by Crippen LogP contribution is 2.43. The molecule has 1 heterocycles. The highest BCUT2D eigenvalue weighted by Gasteiger charge is 2.46. The number of likely N-dealkylation sites (tertiary alicyclic amines) is 1. The van der Waals surface area contributed by atoms with Gasteiger partial charge in [-0.3, -0.25) is 9.59 Å². The summed E-state index contributed by atoms with van der Waals surface area (Å²) in [6.07, 6.45) is 2.75. The minimum atomic E-state index is -0.812. The van der Waals surface area contributed by atoms with Crippen LogP contribution >= 0.6 is 15.9 Å². The number of piperidine rings is 1. The van der Waals surface area contributed by atoms with E-state index in [4.69, 9.17) is 0 Å². The van der Waals surface area contributed by atoms with Crippen LogP contribution in [0.25, 0.3) is 0 Å². The largest absolute Gasteiger partial charge is 0.481 e. The number of carbonyl (C=O) groups excluding carboxylic acids is 1. The normalized spacial score (nSPS) is 26.6. The molecule has 0 spiro atoms. The second-order valence-corrected chi connectivity index (χ2v) is 6.43. The summed E-state index contributed by atoms with van der Waals surface area (Å²) < 4.78 is 0.910. The Labute approximate surface area is 125 Å². The van der Waals surface area contributed by atoms with Gasteiger partial charge in [0.05, 0.1) is 12.0 Å². The molecule has 0 bridgehead atoms. The Balaban J connectivity index is 2.02. The molecule has 2 fully saturated rings. The van der Waals surface area contributed by atoms with Crippen LogP contribution in [0.5, 0.6) is 0 Å². The Morgan fingerprint density at radius 3 is 2.65 bits per heavy atom. The van der Waals surface area contributed by atoms with Gasteiger partial charge in [0.2, 0.25) is 5.91 Å². The van der Waals surface area contributed by atoms with E-state index < -0.39 is 11.9 Å². The van der Waals surface area contributed by atoms with Crippen molar-refractivity contribution in [2.45, 2.75) is 37.8 Å². The van der Waals surface area contributed by atoms with E-state index in [1.165, 1.54) is 0 Å². The molecule has 20 heavy (non-hydrogen) atoms. The van der Waals surface area contributed by atoms with Crippen molar-refractivity contribution in [2.24, 2.45) is 5.92 Å². The van der Waals surface area contributed by atoms with Gasteiger partial charge >= 0.3 is 5.97 Å². The van der Waals surface area contributed by atoms with E-state index in [-0.39, 0.29) is 18.0 Å². The first-order chi connectivity index (χ1) is 9.58. The minimum absolute atomic E-state index is 0.0926.